The van der Waals surface area contributed by atoms with Crippen LogP contribution in [0, 0.1) is 30.5 Å². The fourth-order valence-electron chi connectivity index (χ4n) is 5.79. The van der Waals surface area contributed by atoms with E-state index in [0.717, 1.165) is 49.8 Å². The number of anilines is 1. The number of hydrogen-bond donors (Lipinski definition) is 0. The van der Waals surface area contributed by atoms with E-state index >= 15 is 0 Å². The molecule has 182 valence electrons. The van der Waals surface area contributed by atoms with Crippen LogP contribution < -0.4 is 4.90 Å². The number of nitrogens with zero attached hydrogens (tertiary/aromatic N) is 5. The summed E-state index contributed by atoms with van der Waals surface area (Å²) in [6, 6.07) is 7.82. The Hall–Kier alpha value is -3.01. The zero-order chi connectivity index (χ0) is 24.3. The number of aromatic nitrogens is 4. The molecule has 3 atom stereocenters. The van der Waals surface area contributed by atoms with Gasteiger partial charge in [-0.3, -0.25) is 0 Å². The zero-order valence-corrected chi connectivity index (χ0v) is 19.8. The van der Waals surface area contributed by atoms with Crippen LogP contribution in [0.1, 0.15) is 29.9 Å². The lowest BCUT2D eigenvalue weighted by Gasteiger charge is -2.38. The largest absolute Gasteiger partial charge is 0.417 e. The van der Waals surface area contributed by atoms with Gasteiger partial charge >= 0.3 is 6.18 Å². The van der Waals surface area contributed by atoms with Crippen molar-refractivity contribution < 1.29 is 17.6 Å². The standard InChI is InChI=1S/C25H23F4N5S/c1-14-9-23(35-32-14)33-12-15-4-5-16(13-33)19(15)11-22-30-24-18(3-2-8-34(24)31-22)20-10-17(26)6-7-21(20)25(27,28)29/h2-3,6-10,15-16,19H,4-5,11-13H2,1H3/t15-,16+,19?. The van der Waals surface area contributed by atoms with Crippen LogP contribution in [0.5, 0.6) is 0 Å². The molecule has 4 aromatic rings. The molecule has 10 heteroatoms. The van der Waals surface area contributed by atoms with E-state index in [1.165, 1.54) is 15.6 Å². The second-order valence-electron chi connectivity index (χ2n) is 9.58. The molecule has 2 fully saturated rings. The van der Waals surface area contributed by atoms with Crippen LogP contribution in [-0.2, 0) is 12.6 Å². The van der Waals surface area contributed by atoms with E-state index in [0.29, 0.717) is 35.6 Å². The number of fused-ring (bicyclic) bond motifs is 3. The molecule has 35 heavy (non-hydrogen) atoms. The number of rotatable bonds is 4. The highest BCUT2D eigenvalue weighted by molar-refractivity contribution is 7.10. The maximum Gasteiger partial charge on any atom is 0.417 e. The SMILES string of the molecule is Cc1cc(N2C[C@H]3CC[C@@H](C2)C3Cc2nc3c(-c4cc(F)ccc4C(F)(F)F)cccn3n2)sn1. The molecule has 2 bridgehead atoms. The van der Waals surface area contributed by atoms with Crippen molar-refractivity contribution in [2.45, 2.75) is 32.4 Å². The van der Waals surface area contributed by atoms with E-state index < -0.39 is 17.6 Å². The van der Waals surface area contributed by atoms with Crippen LogP contribution in [-0.4, -0.2) is 32.1 Å². The van der Waals surface area contributed by atoms with E-state index in [9.17, 15) is 17.6 Å². The summed E-state index contributed by atoms with van der Waals surface area (Å²) in [5.74, 6) is 1.35. The molecule has 6 rings (SSSR count). The summed E-state index contributed by atoms with van der Waals surface area (Å²) in [4.78, 5) is 7.09. The molecule has 0 radical (unpaired) electrons. The van der Waals surface area contributed by atoms with Gasteiger partial charge < -0.3 is 4.90 Å². The van der Waals surface area contributed by atoms with Crippen LogP contribution >= 0.6 is 11.5 Å². The van der Waals surface area contributed by atoms with Crippen molar-refractivity contribution in [3.05, 3.63) is 65.5 Å². The first-order valence-corrected chi connectivity index (χ1v) is 12.4. The Morgan fingerprint density at radius 3 is 2.51 bits per heavy atom. The summed E-state index contributed by atoms with van der Waals surface area (Å²) in [5.41, 5.74) is 0.451. The summed E-state index contributed by atoms with van der Waals surface area (Å²) < 4.78 is 60.9. The summed E-state index contributed by atoms with van der Waals surface area (Å²) in [7, 11) is 0. The first-order valence-electron chi connectivity index (χ1n) is 11.7. The minimum absolute atomic E-state index is 0.219. The number of halogens is 4. The molecule has 3 aromatic heterocycles. The monoisotopic (exact) mass is 501 g/mol. The van der Waals surface area contributed by atoms with E-state index in [4.69, 9.17) is 0 Å². The van der Waals surface area contributed by atoms with Gasteiger partial charge in [-0.15, -0.1) is 0 Å². The highest BCUT2D eigenvalue weighted by atomic mass is 32.1. The number of pyridine rings is 1. The van der Waals surface area contributed by atoms with Crippen molar-refractivity contribution in [3.8, 4) is 11.1 Å². The Kier molecular flexibility index (Phi) is 5.32. The fourth-order valence-corrected chi connectivity index (χ4v) is 6.57. The minimum atomic E-state index is -4.61. The third-order valence-corrected chi connectivity index (χ3v) is 8.30. The lowest BCUT2D eigenvalue weighted by Crippen LogP contribution is -2.42. The maximum absolute atomic E-state index is 14.0. The Labute approximate surface area is 203 Å². The Balaban J connectivity index is 1.30. The van der Waals surface area contributed by atoms with Crippen LogP contribution in [0.15, 0.2) is 42.6 Å². The van der Waals surface area contributed by atoms with Gasteiger partial charge in [-0.1, -0.05) is 0 Å². The average molecular weight is 502 g/mol. The molecule has 0 spiro atoms. The summed E-state index contributed by atoms with van der Waals surface area (Å²) >= 11 is 1.54. The van der Waals surface area contributed by atoms with Gasteiger partial charge in [-0.25, -0.2) is 13.9 Å². The predicted molar refractivity (Wildman–Crippen MR) is 126 cm³/mol. The lowest BCUT2D eigenvalue weighted by atomic mass is 9.82. The maximum atomic E-state index is 14.0. The first-order chi connectivity index (χ1) is 16.8. The second-order valence-corrected chi connectivity index (χ2v) is 10.4. The van der Waals surface area contributed by atoms with E-state index in [2.05, 4.69) is 25.4 Å². The molecular weight excluding hydrogens is 478 g/mol. The second kappa shape index (κ2) is 8.29. The van der Waals surface area contributed by atoms with E-state index in [-0.39, 0.29) is 11.1 Å². The van der Waals surface area contributed by atoms with Crippen LogP contribution in [0.4, 0.5) is 22.6 Å². The highest BCUT2D eigenvalue weighted by Crippen LogP contribution is 2.45. The van der Waals surface area contributed by atoms with Gasteiger partial charge in [0.25, 0.3) is 0 Å². The first kappa shape index (κ1) is 22.5. The Morgan fingerprint density at radius 1 is 1.06 bits per heavy atom. The average Bonchev–Trinajstić information content (AvgIpc) is 3.48. The van der Waals surface area contributed by atoms with Crippen molar-refractivity contribution in [2.24, 2.45) is 17.8 Å². The molecule has 1 unspecified atom stereocenters. The number of alkyl halides is 3. The van der Waals surface area contributed by atoms with Gasteiger partial charge in [0.05, 0.1) is 11.3 Å². The van der Waals surface area contributed by atoms with Gasteiger partial charge in [0, 0.05) is 36.8 Å². The Morgan fingerprint density at radius 2 is 1.83 bits per heavy atom. The number of benzene rings is 1. The normalized spacial score (nSPS) is 22.3. The number of hydrogen-bond acceptors (Lipinski definition) is 5. The molecule has 1 saturated heterocycles. The molecule has 1 aromatic carbocycles. The molecule has 5 nitrogen and oxygen atoms in total. The van der Waals surface area contributed by atoms with Crippen molar-refractivity contribution in [3.63, 3.8) is 0 Å². The van der Waals surface area contributed by atoms with Crippen LogP contribution in [0.3, 0.4) is 0 Å². The van der Waals surface area contributed by atoms with Crippen LogP contribution in [0.25, 0.3) is 16.8 Å². The van der Waals surface area contributed by atoms with Crippen LogP contribution in [0.2, 0.25) is 0 Å². The molecular formula is C25H23F4N5S. The van der Waals surface area contributed by atoms with Crippen molar-refractivity contribution in [1.82, 2.24) is 19.0 Å². The van der Waals surface area contributed by atoms with Crippen molar-refractivity contribution in [2.75, 3.05) is 18.0 Å². The molecule has 2 aliphatic rings. The number of piperidine rings is 1. The highest BCUT2D eigenvalue weighted by Gasteiger charge is 2.43. The molecule has 0 N–H and O–H groups in total. The van der Waals surface area contributed by atoms with Crippen molar-refractivity contribution in [1.29, 1.82) is 0 Å². The molecule has 1 saturated carbocycles. The summed E-state index contributed by atoms with van der Waals surface area (Å²) in [5, 5.41) is 5.81. The van der Waals surface area contributed by atoms with Crippen molar-refractivity contribution >= 4 is 22.2 Å². The topological polar surface area (TPSA) is 46.3 Å². The number of aryl methyl sites for hydroxylation is 1. The molecule has 1 aliphatic carbocycles. The van der Waals surface area contributed by atoms with Gasteiger partial charge in [0.15, 0.2) is 11.5 Å². The van der Waals surface area contributed by atoms with Gasteiger partial charge in [0.1, 0.15) is 10.8 Å². The zero-order valence-electron chi connectivity index (χ0n) is 19.0. The van der Waals surface area contributed by atoms with E-state index in [1.807, 2.05) is 6.92 Å². The quantitative estimate of drug-likeness (QED) is 0.321. The third kappa shape index (κ3) is 4.07. The van der Waals surface area contributed by atoms with Gasteiger partial charge in [-0.05, 0) is 85.4 Å². The molecule has 4 heterocycles. The van der Waals surface area contributed by atoms with E-state index in [1.54, 1.807) is 23.8 Å². The third-order valence-electron chi connectivity index (χ3n) is 7.36. The lowest BCUT2D eigenvalue weighted by molar-refractivity contribution is -0.137. The smallest absolute Gasteiger partial charge is 0.362 e. The Bertz CT molecular complexity index is 1380. The minimum Gasteiger partial charge on any atom is -0.362 e. The summed E-state index contributed by atoms with van der Waals surface area (Å²) in [6.45, 7) is 3.95. The van der Waals surface area contributed by atoms with Gasteiger partial charge in [-0.2, -0.15) is 22.6 Å². The molecule has 1 aliphatic heterocycles. The predicted octanol–water partition coefficient (Wildman–Crippen LogP) is 6.02. The van der Waals surface area contributed by atoms with Gasteiger partial charge in [0.2, 0.25) is 0 Å². The molecule has 0 amide bonds. The fraction of sp³-hybridized carbons (Fsp3) is 0.400. The summed E-state index contributed by atoms with van der Waals surface area (Å²) in [6.07, 6.45) is 0.0516.